The number of furan rings is 1. The fourth-order valence-corrected chi connectivity index (χ4v) is 2.02. The fourth-order valence-electron chi connectivity index (χ4n) is 2.02. The van der Waals surface area contributed by atoms with Gasteiger partial charge in [0, 0.05) is 6.04 Å². The van der Waals surface area contributed by atoms with Crippen LogP contribution in [0.3, 0.4) is 0 Å². The van der Waals surface area contributed by atoms with E-state index in [1.165, 1.54) is 12.5 Å². The first-order chi connectivity index (χ1) is 8.66. The molecule has 0 unspecified atom stereocenters. The summed E-state index contributed by atoms with van der Waals surface area (Å²) in [4.78, 5) is 21.4. The van der Waals surface area contributed by atoms with Crippen LogP contribution in [-0.2, 0) is 0 Å². The Morgan fingerprint density at radius 3 is 2.67 bits per heavy atom. The molecule has 98 valence electrons. The SMILES string of the molecule is O=C(NNC1CCCCC1)c1ccc([N+](=O)[O-])o1. The van der Waals surface area contributed by atoms with Crippen molar-refractivity contribution in [3.63, 3.8) is 0 Å². The minimum absolute atomic E-state index is 0.0648. The van der Waals surface area contributed by atoms with Gasteiger partial charge in [-0.05, 0) is 18.9 Å². The second-order valence-electron chi connectivity index (χ2n) is 4.33. The lowest BCUT2D eigenvalue weighted by molar-refractivity contribution is -0.402. The van der Waals surface area contributed by atoms with Crippen LogP contribution in [0.25, 0.3) is 0 Å². The summed E-state index contributed by atoms with van der Waals surface area (Å²) in [5, 5.41) is 10.4. The molecular weight excluding hydrogens is 238 g/mol. The summed E-state index contributed by atoms with van der Waals surface area (Å²) in [5.74, 6) is -0.989. The summed E-state index contributed by atoms with van der Waals surface area (Å²) in [7, 11) is 0. The molecule has 1 heterocycles. The lowest BCUT2D eigenvalue weighted by atomic mass is 9.96. The maximum absolute atomic E-state index is 11.6. The maximum Gasteiger partial charge on any atom is 0.433 e. The molecule has 0 aliphatic heterocycles. The number of nitrogens with zero attached hydrogens (tertiary/aromatic N) is 1. The second kappa shape index (κ2) is 5.63. The molecule has 7 heteroatoms. The molecule has 1 saturated carbocycles. The van der Waals surface area contributed by atoms with Crippen molar-refractivity contribution in [2.45, 2.75) is 38.1 Å². The summed E-state index contributed by atoms with van der Waals surface area (Å²) in [6.45, 7) is 0. The molecule has 1 aromatic rings. The Morgan fingerprint density at radius 1 is 1.33 bits per heavy atom. The van der Waals surface area contributed by atoms with Crippen molar-refractivity contribution in [2.24, 2.45) is 0 Å². The highest BCUT2D eigenvalue weighted by atomic mass is 16.6. The molecule has 18 heavy (non-hydrogen) atoms. The average molecular weight is 253 g/mol. The van der Waals surface area contributed by atoms with Gasteiger partial charge in [0.1, 0.15) is 4.92 Å². The molecule has 1 aliphatic carbocycles. The molecule has 0 atom stereocenters. The normalized spacial score (nSPS) is 16.4. The van der Waals surface area contributed by atoms with Crippen molar-refractivity contribution in [1.29, 1.82) is 0 Å². The number of amides is 1. The van der Waals surface area contributed by atoms with Crippen LogP contribution in [0.1, 0.15) is 42.7 Å². The first-order valence-electron chi connectivity index (χ1n) is 5.97. The lowest BCUT2D eigenvalue weighted by Crippen LogP contribution is -2.45. The highest BCUT2D eigenvalue weighted by Crippen LogP contribution is 2.17. The summed E-state index contributed by atoms with van der Waals surface area (Å²) in [6.07, 6.45) is 5.59. The summed E-state index contributed by atoms with van der Waals surface area (Å²) >= 11 is 0. The second-order valence-corrected chi connectivity index (χ2v) is 4.33. The molecule has 0 saturated heterocycles. The quantitative estimate of drug-likeness (QED) is 0.629. The molecule has 2 N–H and O–H groups in total. The van der Waals surface area contributed by atoms with Crippen LogP contribution in [0.5, 0.6) is 0 Å². The van der Waals surface area contributed by atoms with Gasteiger partial charge in [-0.3, -0.25) is 20.3 Å². The predicted molar refractivity (Wildman–Crippen MR) is 62.8 cm³/mol. The first-order valence-corrected chi connectivity index (χ1v) is 5.97. The number of carbonyl (C=O) groups excluding carboxylic acids is 1. The third-order valence-corrected chi connectivity index (χ3v) is 2.99. The Hall–Kier alpha value is -1.89. The Kier molecular flexibility index (Phi) is 3.93. The molecule has 0 bridgehead atoms. The molecule has 0 radical (unpaired) electrons. The average Bonchev–Trinajstić information content (AvgIpc) is 2.87. The highest BCUT2D eigenvalue weighted by molar-refractivity contribution is 5.91. The molecular formula is C11H15N3O4. The van der Waals surface area contributed by atoms with Crippen molar-refractivity contribution < 1.29 is 14.1 Å². The minimum Gasteiger partial charge on any atom is -0.395 e. The Labute approximate surface area is 104 Å². The van der Waals surface area contributed by atoms with E-state index in [1.54, 1.807) is 0 Å². The summed E-state index contributed by atoms with van der Waals surface area (Å²) in [6, 6.07) is 2.72. The molecule has 1 aromatic heterocycles. The van der Waals surface area contributed by atoms with Gasteiger partial charge in [0.25, 0.3) is 0 Å². The number of hydrazine groups is 1. The molecule has 1 amide bonds. The number of nitrogens with one attached hydrogen (secondary N) is 2. The van der Waals surface area contributed by atoms with Crippen LogP contribution in [0.4, 0.5) is 5.88 Å². The molecule has 0 spiro atoms. The van der Waals surface area contributed by atoms with Crippen molar-refractivity contribution in [2.75, 3.05) is 0 Å². The van der Waals surface area contributed by atoms with E-state index >= 15 is 0 Å². The first kappa shape index (κ1) is 12.6. The van der Waals surface area contributed by atoms with Gasteiger partial charge >= 0.3 is 11.8 Å². The van der Waals surface area contributed by atoms with E-state index in [0.29, 0.717) is 0 Å². The van der Waals surface area contributed by atoms with Crippen molar-refractivity contribution in [1.82, 2.24) is 10.9 Å². The third kappa shape index (κ3) is 3.07. The molecule has 0 aromatic carbocycles. The van der Waals surface area contributed by atoms with E-state index in [0.717, 1.165) is 31.7 Å². The van der Waals surface area contributed by atoms with Crippen LogP contribution >= 0.6 is 0 Å². The monoisotopic (exact) mass is 253 g/mol. The topological polar surface area (TPSA) is 97.4 Å². The van der Waals surface area contributed by atoms with Crippen LogP contribution in [0.2, 0.25) is 0 Å². The summed E-state index contributed by atoms with van der Waals surface area (Å²) in [5.41, 5.74) is 5.44. The zero-order valence-corrected chi connectivity index (χ0v) is 9.85. The number of hydrogen-bond acceptors (Lipinski definition) is 5. The highest BCUT2D eigenvalue weighted by Gasteiger charge is 2.18. The standard InChI is InChI=1S/C11H15N3O4/c15-11(9-6-7-10(18-9)14(16)17)13-12-8-4-2-1-3-5-8/h6-8,12H,1-5H2,(H,13,15). The predicted octanol–water partition coefficient (Wildman–Crippen LogP) is 1.75. The Bertz CT molecular complexity index is 437. The number of rotatable bonds is 4. The zero-order valence-electron chi connectivity index (χ0n) is 9.85. The number of carbonyl (C=O) groups is 1. The summed E-state index contributed by atoms with van der Waals surface area (Å²) < 4.78 is 4.80. The van der Waals surface area contributed by atoms with Gasteiger partial charge in [-0.2, -0.15) is 0 Å². The van der Waals surface area contributed by atoms with Crippen LogP contribution in [0, 0.1) is 10.1 Å². The van der Waals surface area contributed by atoms with E-state index < -0.39 is 16.7 Å². The zero-order chi connectivity index (χ0) is 13.0. The molecule has 7 nitrogen and oxygen atoms in total. The van der Waals surface area contributed by atoms with Crippen molar-refractivity contribution in [3.05, 3.63) is 28.0 Å². The smallest absolute Gasteiger partial charge is 0.395 e. The van der Waals surface area contributed by atoms with Crippen LogP contribution < -0.4 is 10.9 Å². The van der Waals surface area contributed by atoms with Gasteiger partial charge < -0.3 is 4.42 Å². The maximum atomic E-state index is 11.6. The fraction of sp³-hybridized carbons (Fsp3) is 0.545. The largest absolute Gasteiger partial charge is 0.433 e. The van der Waals surface area contributed by atoms with Gasteiger partial charge in [-0.15, -0.1) is 0 Å². The molecule has 2 rings (SSSR count). The van der Waals surface area contributed by atoms with Gasteiger partial charge in [-0.1, -0.05) is 19.3 Å². The van der Waals surface area contributed by atoms with Gasteiger partial charge in [0.2, 0.25) is 0 Å². The number of hydrogen-bond donors (Lipinski definition) is 2. The van der Waals surface area contributed by atoms with E-state index in [-0.39, 0.29) is 11.8 Å². The van der Waals surface area contributed by atoms with Gasteiger partial charge in [-0.25, -0.2) is 5.43 Å². The van der Waals surface area contributed by atoms with Crippen molar-refractivity contribution >= 4 is 11.8 Å². The molecule has 1 fully saturated rings. The van der Waals surface area contributed by atoms with E-state index in [4.69, 9.17) is 4.42 Å². The lowest BCUT2D eigenvalue weighted by Gasteiger charge is -2.22. The minimum atomic E-state index is -0.675. The van der Waals surface area contributed by atoms with Crippen LogP contribution in [-0.4, -0.2) is 16.9 Å². The Balaban J connectivity index is 1.84. The number of nitro groups is 1. The third-order valence-electron chi connectivity index (χ3n) is 2.99. The van der Waals surface area contributed by atoms with Crippen LogP contribution in [0.15, 0.2) is 16.5 Å². The van der Waals surface area contributed by atoms with E-state index in [2.05, 4.69) is 10.9 Å². The van der Waals surface area contributed by atoms with Gasteiger partial charge in [0.15, 0.2) is 5.76 Å². The Morgan fingerprint density at radius 2 is 2.06 bits per heavy atom. The molecule has 1 aliphatic rings. The van der Waals surface area contributed by atoms with E-state index in [9.17, 15) is 14.9 Å². The van der Waals surface area contributed by atoms with Crippen molar-refractivity contribution in [3.8, 4) is 0 Å². The van der Waals surface area contributed by atoms with Gasteiger partial charge in [0.05, 0.1) is 6.07 Å². The van der Waals surface area contributed by atoms with E-state index in [1.807, 2.05) is 0 Å².